The normalized spacial score (nSPS) is 18.8. The average Bonchev–Trinajstić information content (AvgIpc) is 2.48. The predicted molar refractivity (Wildman–Crippen MR) is 87.5 cm³/mol. The molecule has 2 N–H and O–H groups in total. The Kier molecular flexibility index (Phi) is 6.05. The lowest BCUT2D eigenvalue weighted by molar-refractivity contribution is 0.185. The number of nitrogens with one attached hydrogen (secondary N) is 2. The number of nitrogens with zero attached hydrogens (tertiary/aromatic N) is 1. The van der Waals surface area contributed by atoms with Gasteiger partial charge in [-0.05, 0) is 43.9 Å². The zero-order chi connectivity index (χ0) is 15.1. The number of piperidine rings is 1. The molecule has 4 nitrogen and oxygen atoms in total. The van der Waals surface area contributed by atoms with Crippen molar-refractivity contribution in [3.63, 3.8) is 0 Å². The number of likely N-dealkylation sites (tertiary alicyclic amines) is 1. The molecule has 116 valence electrons. The van der Waals surface area contributed by atoms with Gasteiger partial charge >= 0.3 is 6.03 Å². The summed E-state index contributed by atoms with van der Waals surface area (Å²) >= 11 is 0. The number of amides is 2. The molecule has 0 aromatic heterocycles. The van der Waals surface area contributed by atoms with Crippen molar-refractivity contribution in [3.8, 4) is 0 Å². The molecule has 1 heterocycles. The van der Waals surface area contributed by atoms with E-state index in [1.165, 1.54) is 6.42 Å². The summed E-state index contributed by atoms with van der Waals surface area (Å²) in [6, 6.07) is 10.1. The molecule has 0 aliphatic carbocycles. The molecule has 1 fully saturated rings. The Hall–Kier alpha value is -1.55. The van der Waals surface area contributed by atoms with E-state index < -0.39 is 0 Å². The van der Waals surface area contributed by atoms with Crippen LogP contribution >= 0.6 is 0 Å². The Bertz CT molecular complexity index is 433. The van der Waals surface area contributed by atoms with Crippen molar-refractivity contribution in [2.24, 2.45) is 5.92 Å². The van der Waals surface area contributed by atoms with Crippen LogP contribution in [0.25, 0.3) is 0 Å². The van der Waals surface area contributed by atoms with Crippen LogP contribution in [0.15, 0.2) is 30.3 Å². The van der Waals surface area contributed by atoms with E-state index in [1.54, 1.807) is 0 Å². The average molecular weight is 289 g/mol. The molecular formula is C17H27N3O. The van der Waals surface area contributed by atoms with Gasteiger partial charge in [-0.15, -0.1) is 0 Å². The van der Waals surface area contributed by atoms with Crippen molar-refractivity contribution >= 4 is 11.7 Å². The second-order valence-electron chi connectivity index (χ2n) is 6.22. The van der Waals surface area contributed by atoms with Crippen molar-refractivity contribution in [3.05, 3.63) is 30.3 Å². The van der Waals surface area contributed by atoms with E-state index in [0.717, 1.165) is 44.1 Å². The number of hydrogen-bond acceptors (Lipinski definition) is 2. The quantitative estimate of drug-likeness (QED) is 0.873. The van der Waals surface area contributed by atoms with Gasteiger partial charge in [-0.2, -0.15) is 0 Å². The van der Waals surface area contributed by atoms with Crippen LogP contribution in [-0.4, -0.2) is 36.6 Å². The second-order valence-corrected chi connectivity index (χ2v) is 6.22. The number of para-hydroxylation sites is 1. The lowest BCUT2D eigenvalue weighted by Gasteiger charge is -2.33. The number of rotatable bonds is 5. The molecule has 0 radical (unpaired) electrons. The monoisotopic (exact) mass is 289 g/mol. The first-order valence-electron chi connectivity index (χ1n) is 7.99. The van der Waals surface area contributed by atoms with Gasteiger partial charge in [-0.25, -0.2) is 4.79 Å². The number of hydrogen-bond donors (Lipinski definition) is 2. The highest BCUT2D eigenvalue weighted by molar-refractivity contribution is 5.89. The number of carbonyl (C=O) groups excluding carboxylic acids is 1. The third-order valence-corrected chi connectivity index (χ3v) is 3.89. The molecule has 1 unspecified atom stereocenters. The molecule has 1 aliphatic heterocycles. The van der Waals surface area contributed by atoms with Crippen LogP contribution < -0.4 is 10.6 Å². The van der Waals surface area contributed by atoms with E-state index in [-0.39, 0.29) is 6.03 Å². The molecule has 0 bridgehead atoms. The summed E-state index contributed by atoms with van der Waals surface area (Å²) < 4.78 is 0. The zero-order valence-electron chi connectivity index (χ0n) is 13.1. The molecule has 21 heavy (non-hydrogen) atoms. The molecule has 0 saturated carbocycles. The molecule has 1 aromatic rings. The van der Waals surface area contributed by atoms with E-state index in [2.05, 4.69) is 24.5 Å². The van der Waals surface area contributed by atoms with Crippen LogP contribution in [-0.2, 0) is 0 Å². The van der Waals surface area contributed by atoms with Gasteiger partial charge in [0.1, 0.15) is 0 Å². The third-order valence-electron chi connectivity index (χ3n) is 3.89. The second kappa shape index (κ2) is 8.03. The Morgan fingerprint density at radius 3 is 2.81 bits per heavy atom. The van der Waals surface area contributed by atoms with Gasteiger partial charge in [0.05, 0.1) is 0 Å². The van der Waals surface area contributed by atoms with Gasteiger partial charge in [0.15, 0.2) is 0 Å². The van der Waals surface area contributed by atoms with Crippen LogP contribution in [0, 0.1) is 5.92 Å². The van der Waals surface area contributed by atoms with Gasteiger partial charge in [0, 0.05) is 24.8 Å². The first kappa shape index (κ1) is 15.8. The molecule has 2 rings (SSSR count). The van der Waals surface area contributed by atoms with Gasteiger partial charge in [-0.3, -0.25) is 0 Å². The molecular weight excluding hydrogens is 262 g/mol. The standard InChI is InChI=1S/C17H27N3O/c1-14(2)10-11-18-16-9-6-12-20(13-16)17(21)19-15-7-4-3-5-8-15/h3-5,7-8,14,16,18H,6,9-13H2,1-2H3,(H,19,21). The first-order chi connectivity index (χ1) is 10.1. The molecule has 1 aliphatic rings. The van der Waals surface area contributed by atoms with Gasteiger partial charge in [-0.1, -0.05) is 32.0 Å². The molecule has 0 spiro atoms. The molecule has 1 atom stereocenters. The van der Waals surface area contributed by atoms with Crippen molar-refractivity contribution in [1.29, 1.82) is 0 Å². The van der Waals surface area contributed by atoms with E-state index in [4.69, 9.17) is 0 Å². The highest BCUT2D eigenvalue weighted by Crippen LogP contribution is 2.13. The summed E-state index contributed by atoms with van der Waals surface area (Å²) in [6.45, 7) is 7.17. The van der Waals surface area contributed by atoms with Crippen LogP contribution in [0.4, 0.5) is 10.5 Å². The maximum Gasteiger partial charge on any atom is 0.321 e. The summed E-state index contributed by atoms with van der Waals surface area (Å²) in [5, 5.41) is 6.55. The van der Waals surface area contributed by atoms with Crippen LogP contribution in [0.3, 0.4) is 0 Å². The minimum absolute atomic E-state index is 0.0107. The summed E-state index contributed by atoms with van der Waals surface area (Å²) in [4.78, 5) is 14.2. The summed E-state index contributed by atoms with van der Waals surface area (Å²) in [6.07, 6.45) is 3.42. The molecule has 4 heteroatoms. The predicted octanol–water partition coefficient (Wildman–Crippen LogP) is 3.32. The fourth-order valence-electron chi connectivity index (χ4n) is 2.63. The number of urea groups is 1. The van der Waals surface area contributed by atoms with Crippen LogP contribution in [0.1, 0.15) is 33.1 Å². The Morgan fingerprint density at radius 2 is 2.10 bits per heavy atom. The van der Waals surface area contributed by atoms with E-state index in [9.17, 15) is 4.79 Å². The van der Waals surface area contributed by atoms with Crippen molar-refractivity contribution in [1.82, 2.24) is 10.2 Å². The highest BCUT2D eigenvalue weighted by Gasteiger charge is 2.23. The first-order valence-corrected chi connectivity index (χ1v) is 7.99. The third kappa shape index (κ3) is 5.38. The van der Waals surface area contributed by atoms with Crippen LogP contribution in [0.2, 0.25) is 0 Å². The van der Waals surface area contributed by atoms with Gasteiger partial charge < -0.3 is 15.5 Å². The van der Waals surface area contributed by atoms with Crippen molar-refractivity contribution < 1.29 is 4.79 Å². The Morgan fingerprint density at radius 1 is 1.33 bits per heavy atom. The smallest absolute Gasteiger partial charge is 0.321 e. The minimum atomic E-state index is 0.0107. The number of carbonyl (C=O) groups is 1. The molecule has 1 saturated heterocycles. The van der Waals surface area contributed by atoms with E-state index in [1.807, 2.05) is 35.2 Å². The highest BCUT2D eigenvalue weighted by atomic mass is 16.2. The fraction of sp³-hybridized carbons (Fsp3) is 0.588. The SMILES string of the molecule is CC(C)CCNC1CCCN(C(=O)Nc2ccccc2)C1. The zero-order valence-corrected chi connectivity index (χ0v) is 13.1. The summed E-state index contributed by atoms with van der Waals surface area (Å²) in [7, 11) is 0. The number of anilines is 1. The Labute approximate surface area is 127 Å². The van der Waals surface area contributed by atoms with Gasteiger partial charge in [0.2, 0.25) is 0 Å². The maximum atomic E-state index is 12.3. The fourth-order valence-corrected chi connectivity index (χ4v) is 2.63. The van der Waals surface area contributed by atoms with E-state index in [0.29, 0.717) is 6.04 Å². The lowest BCUT2D eigenvalue weighted by Crippen LogP contribution is -2.49. The van der Waals surface area contributed by atoms with Gasteiger partial charge in [0.25, 0.3) is 0 Å². The summed E-state index contributed by atoms with van der Waals surface area (Å²) in [5.74, 6) is 0.721. The van der Waals surface area contributed by atoms with Crippen molar-refractivity contribution in [2.45, 2.75) is 39.2 Å². The van der Waals surface area contributed by atoms with Crippen molar-refractivity contribution in [2.75, 3.05) is 25.0 Å². The Balaban J connectivity index is 1.78. The van der Waals surface area contributed by atoms with Crippen LogP contribution in [0.5, 0.6) is 0 Å². The lowest BCUT2D eigenvalue weighted by atomic mass is 10.1. The number of benzene rings is 1. The molecule has 1 aromatic carbocycles. The molecule has 2 amide bonds. The largest absolute Gasteiger partial charge is 0.323 e. The van der Waals surface area contributed by atoms with E-state index >= 15 is 0 Å². The topological polar surface area (TPSA) is 44.4 Å². The summed E-state index contributed by atoms with van der Waals surface area (Å²) in [5.41, 5.74) is 0.859. The minimum Gasteiger partial charge on any atom is -0.323 e. The maximum absolute atomic E-state index is 12.3.